The summed E-state index contributed by atoms with van der Waals surface area (Å²) >= 11 is 0. The second kappa shape index (κ2) is 8.25. The predicted octanol–water partition coefficient (Wildman–Crippen LogP) is 1.59. The van der Waals surface area contributed by atoms with Crippen LogP contribution in [0.25, 0.3) is 0 Å². The van der Waals surface area contributed by atoms with E-state index in [1.807, 2.05) is 12.1 Å². The fourth-order valence-corrected chi connectivity index (χ4v) is 2.42. The molecule has 5 heteroatoms. The molecule has 1 aromatic carbocycles. The lowest BCUT2D eigenvalue weighted by atomic mass is 10.2. The lowest BCUT2D eigenvalue weighted by Crippen LogP contribution is -2.47. The summed E-state index contributed by atoms with van der Waals surface area (Å²) in [7, 11) is 1.73. The highest BCUT2D eigenvalue weighted by atomic mass is 35.5. The molecule has 108 valence electrons. The van der Waals surface area contributed by atoms with Crippen molar-refractivity contribution in [3.05, 3.63) is 24.3 Å². The average Bonchev–Trinajstić information content (AvgIpc) is 2.45. The maximum Gasteiger partial charge on any atom is 0.142 e. The van der Waals surface area contributed by atoms with Gasteiger partial charge < -0.3 is 15.4 Å². The average molecular weight is 286 g/mol. The molecule has 4 nitrogen and oxygen atoms in total. The van der Waals surface area contributed by atoms with Crippen LogP contribution < -0.4 is 15.4 Å². The van der Waals surface area contributed by atoms with Crippen LogP contribution in [0.2, 0.25) is 0 Å². The summed E-state index contributed by atoms with van der Waals surface area (Å²) in [5.74, 6) is 0.966. The van der Waals surface area contributed by atoms with Gasteiger partial charge in [0.15, 0.2) is 0 Å². The normalized spacial score (nSPS) is 16.0. The first-order valence-electron chi connectivity index (χ1n) is 6.65. The summed E-state index contributed by atoms with van der Waals surface area (Å²) in [6.45, 7) is 6.25. The number of nitrogens with two attached hydrogens (primary N) is 1. The van der Waals surface area contributed by atoms with Gasteiger partial charge in [-0.15, -0.1) is 12.4 Å². The maximum absolute atomic E-state index is 5.55. The second-order valence-corrected chi connectivity index (χ2v) is 4.64. The van der Waals surface area contributed by atoms with Crippen LogP contribution in [-0.4, -0.2) is 51.3 Å². The summed E-state index contributed by atoms with van der Waals surface area (Å²) in [6, 6.07) is 8.24. The Morgan fingerprint density at radius 3 is 2.47 bits per heavy atom. The number of rotatable bonds is 5. The van der Waals surface area contributed by atoms with Crippen LogP contribution in [0.1, 0.15) is 6.42 Å². The van der Waals surface area contributed by atoms with Crippen LogP contribution in [0.4, 0.5) is 5.69 Å². The zero-order chi connectivity index (χ0) is 12.8. The standard InChI is InChI=1S/C14H23N3O.ClH/c1-18-14-6-3-2-5-13(14)17-11-9-16(10-12-17)8-4-7-15;/h2-3,5-6H,4,7-12,15H2,1H3;1H. The SMILES string of the molecule is COc1ccccc1N1CCN(CCCN)CC1.Cl. The molecule has 0 spiro atoms. The number of piperazine rings is 1. The van der Waals surface area contributed by atoms with E-state index in [4.69, 9.17) is 10.5 Å². The van der Waals surface area contributed by atoms with Crippen molar-refractivity contribution in [1.82, 2.24) is 4.90 Å². The van der Waals surface area contributed by atoms with Crippen molar-refractivity contribution in [1.29, 1.82) is 0 Å². The molecule has 0 radical (unpaired) electrons. The molecule has 2 N–H and O–H groups in total. The molecular formula is C14H24ClN3O. The monoisotopic (exact) mass is 285 g/mol. The lowest BCUT2D eigenvalue weighted by molar-refractivity contribution is 0.255. The number of methoxy groups -OCH3 is 1. The van der Waals surface area contributed by atoms with E-state index in [2.05, 4.69) is 21.9 Å². The highest BCUT2D eigenvalue weighted by molar-refractivity contribution is 5.85. The Kier molecular flexibility index (Phi) is 6.99. The third-order valence-electron chi connectivity index (χ3n) is 3.48. The third kappa shape index (κ3) is 4.27. The van der Waals surface area contributed by atoms with E-state index >= 15 is 0 Å². The minimum Gasteiger partial charge on any atom is -0.495 e. The summed E-state index contributed by atoms with van der Waals surface area (Å²) in [5, 5.41) is 0. The molecule has 0 aromatic heterocycles. The number of halogens is 1. The maximum atomic E-state index is 5.55. The third-order valence-corrected chi connectivity index (χ3v) is 3.48. The van der Waals surface area contributed by atoms with E-state index < -0.39 is 0 Å². The molecule has 0 unspecified atom stereocenters. The summed E-state index contributed by atoms with van der Waals surface area (Å²) < 4.78 is 5.42. The van der Waals surface area contributed by atoms with Crippen molar-refractivity contribution in [3.8, 4) is 5.75 Å². The number of hydrogen-bond acceptors (Lipinski definition) is 4. The summed E-state index contributed by atoms with van der Waals surface area (Å²) in [6.07, 6.45) is 1.09. The topological polar surface area (TPSA) is 41.7 Å². The second-order valence-electron chi connectivity index (χ2n) is 4.64. The van der Waals surface area contributed by atoms with Crippen LogP contribution >= 0.6 is 12.4 Å². The first-order chi connectivity index (χ1) is 8.85. The van der Waals surface area contributed by atoms with Gasteiger partial charge >= 0.3 is 0 Å². The zero-order valence-corrected chi connectivity index (χ0v) is 12.4. The lowest BCUT2D eigenvalue weighted by Gasteiger charge is -2.36. The van der Waals surface area contributed by atoms with E-state index in [-0.39, 0.29) is 12.4 Å². The molecule has 0 atom stereocenters. The largest absolute Gasteiger partial charge is 0.495 e. The van der Waals surface area contributed by atoms with Crippen LogP contribution in [-0.2, 0) is 0 Å². The molecular weight excluding hydrogens is 262 g/mol. The number of para-hydroxylation sites is 2. The minimum atomic E-state index is 0. The van der Waals surface area contributed by atoms with Gasteiger partial charge in [0.05, 0.1) is 12.8 Å². The Bertz CT molecular complexity index is 367. The number of nitrogens with zero attached hydrogens (tertiary/aromatic N) is 2. The van der Waals surface area contributed by atoms with E-state index in [9.17, 15) is 0 Å². The van der Waals surface area contributed by atoms with Crippen molar-refractivity contribution in [2.24, 2.45) is 5.73 Å². The van der Waals surface area contributed by atoms with E-state index in [0.717, 1.165) is 51.4 Å². The first kappa shape index (κ1) is 16.1. The minimum absolute atomic E-state index is 0. The van der Waals surface area contributed by atoms with Crippen LogP contribution in [0.15, 0.2) is 24.3 Å². The Morgan fingerprint density at radius 1 is 1.16 bits per heavy atom. The Labute approximate surface area is 121 Å². The fraction of sp³-hybridized carbons (Fsp3) is 0.571. The smallest absolute Gasteiger partial charge is 0.142 e. The molecule has 1 fully saturated rings. The predicted molar refractivity (Wildman–Crippen MR) is 82.6 cm³/mol. The number of hydrogen-bond donors (Lipinski definition) is 1. The zero-order valence-electron chi connectivity index (χ0n) is 11.5. The van der Waals surface area contributed by atoms with E-state index in [0.29, 0.717) is 0 Å². The highest BCUT2D eigenvalue weighted by Crippen LogP contribution is 2.28. The number of ether oxygens (including phenoxy) is 1. The quantitative estimate of drug-likeness (QED) is 0.892. The van der Waals surface area contributed by atoms with Gasteiger partial charge in [0, 0.05) is 26.2 Å². The molecule has 0 saturated carbocycles. The Balaban J connectivity index is 0.00000180. The summed E-state index contributed by atoms with van der Waals surface area (Å²) in [4.78, 5) is 4.89. The molecule has 0 bridgehead atoms. The molecule has 1 saturated heterocycles. The van der Waals surface area contributed by atoms with Crippen LogP contribution in [0.5, 0.6) is 5.75 Å². The van der Waals surface area contributed by atoms with Gasteiger partial charge in [-0.25, -0.2) is 0 Å². The Morgan fingerprint density at radius 2 is 1.84 bits per heavy atom. The number of anilines is 1. The Hall–Kier alpha value is -0.970. The van der Waals surface area contributed by atoms with Crippen molar-refractivity contribution in [2.45, 2.75) is 6.42 Å². The first-order valence-corrected chi connectivity index (χ1v) is 6.65. The molecule has 0 aliphatic carbocycles. The number of benzene rings is 1. The van der Waals surface area contributed by atoms with Gasteiger partial charge in [-0.2, -0.15) is 0 Å². The van der Waals surface area contributed by atoms with Crippen molar-refractivity contribution >= 4 is 18.1 Å². The van der Waals surface area contributed by atoms with Gasteiger partial charge in [-0.3, -0.25) is 4.90 Å². The molecule has 19 heavy (non-hydrogen) atoms. The van der Waals surface area contributed by atoms with Crippen LogP contribution in [0, 0.1) is 0 Å². The van der Waals surface area contributed by atoms with Gasteiger partial charge in [0.1, 0.15) is 5.75 Å². The van der Waals surface area contributed by atoms with Crippen molar-refractivity contribution in [2.75, 3.05) is 51.3 Å². The molecule has 1 aliphatic heterocycles. The van der Waals surface area contributed by atoms with Crippen molar-refractivity contribution < 1.29 is 4.74 Å². The molecule has 1 heterocycles. The van der Waals surface area contributed by atoms with E-state index in [1.54, 1.807) is 7.11 Å². The van der Waals surface area contributed by atoms with Crippen molar-refractivity contribution in [3.63, 3.8) is 0 Å². The molecule has 2 rings (SSSR count). The molecule has 1 aromatic rings. The van der Waals surface area contributed by atoms with Gasteiger partial charge in [0.25, 0.3) is 0 Å². The van der Waals surface area contributed by atoms with Gasteiger partial charge in [0.2, 0.25) is 0 Å². The highest BCUT2D eigenvalue weighted by Gasteiger charge is 2.18. The molecule has 0 amide bonds. The van der Waals surface area contributed by atoms with E-state index in [1.165, 1.54) is 5.69 Å². The van der Waals surface area contributed by atoms with Gasteiger partial charge in [-0.05, 0) is 31.6 Å². The van der Waals surface area contributed by atoms with Gasteiger partial charge in [-0.1, -0.05) is 12.1 Å². The summed E-state index contributed by atoms with van der Waals surface area (Å²) in [5.41, 5.74) is 6.76. The molecule has 1 aliphatic rings. The fourth-order valence-electron chi connectivity index (χ4n) is 2.42. The van der Waals surface area contributed by atoms with Crippen LogP contribution in [0.3, 0.4) is 0 Å².